The minimum atomic E-state index is -1.17. The quantitative estimate of drug-likeness (QED) is 0.367. The van der Waals surface area contributed by atoms with E-state index in [0.29, 0.717) is 35.3 Å². The van der Waals surface area contributed by atoms with Crippen LogP contribution in [0.4, 0.5) is 0 Å². The number of aromatic hydroxyl groups is 1. The first-order valence-corrected chi connectivity index (χ1v) is 13.1. The lowest BCUT2D eigenvalue weighted by Crippen LogP contribution is -2.49. The molecule has 2 aliphatic heterocycles. The first-order chi connectivity index (χ1) is 18.0. The molecule has 0 saturated carbocycles. The largest absolute Gasteiger partial charge is 0.508 e. The number of ether oxygens (including phenoxy) is 1. The minimum Gasteiger partial charge on any atom is -0.508 e. The van der Waals surface area contributed by atoms with Gasteiger partial charge in [-0.25, -0.2) is 4.79 Å². The number of fused-ring (bicyclic) bond motifs is 3. The molecule has 0 bridgehead atoms. The van der Waals surface area contributed by atoms with Crippen molar-refractivity contribution in [2.45, 2.75) is 84.1 Å². The summed E-state index contributed by atoms with van der Waals surface area (Å²) in [7, 11) is 0. The number of phenolic OH excluding ortho intramolecular Hbond substituents is 1. The number of hydrogen-bond acceptors (Lipinski definition) is 5. The SMILES string of the molecule is CC(C)=CCCC(C)=CCC[C@]1(C)Oc2c(c(O)cc3c2CN([C@H](C(=O)O)c2ccccc2)C3=O)C[C@@H]1O. The normalized spacial score (nSPS) is 21.4. The number of hydrogen-bond donors (Lipinski definition) is 3. The molecule has 1 amide bonds. The Kier molecular flexibility index (Phi) is 7.97. The molecule has 2 aromatic rings. The van der Waals surface area contributed by atoms with Gasteiger partial charge < -0.3 is 25.0 Å². The van der Waals surface area contributed by atoms with Gasteiger partial charge in [0.25, 0.3) is 5.91 Å². The second kappa shape index (κ2) is 11.0. The predicted octanol–water partition coefficient (Wildman–Crippen LogP) is 5.70. The summed E-state index contributed by atoms with van der Waals surface area (Å²) in [5.41, 5.74) is 3.38. The summed E-state index contributed by atoms with van der Waals surface area (Å²) in [5.74, 6) is -1.36. The van der Waals surface area contributed by atoms with Crippen LogP contribution in [-0.4, -0.2) is 43.8 Å². The van der Waals surface area contributed by atoms with Gasteiger partial charge in [-0.2, -0.15) is 0 Å². The molecule has 7 heteroatoms. The van der Waals surface area contributed by atoms with Gasteiger partial charge in [0.15, 0.2) is 6.04 Å². The number of nitrogens with zero attached hydrogens (tertiary/aromatic N) is 1. The zero-order valence-corrected chi connectivity index (χ0v) is 22.5. The lowest BCUT2D eigenvalue weighted by Gasteiger charge is -2.41. The number of allylic oxidation sites excluding steroid dienone is 4. The summed E-state index contributed by atoms with van der Waals surface area (Å²) < 4.78 is 6.42. The third-order valence-corrected chi connectivity index (χ3v) is 7.61. The molecule has 3 N–H and O–H groups in total. The molecule has 0 unspecified atom stereocenters. The maximum Gasteiger partial charge on any atom is 0.331 e. The van der Waals surface area contributed by atoms with Crippen LogP contribution in [0.25, 0.3) is 0 Å². The zero-order valence-electron chi connectivity index (χ0n) is 22.5. The predicted molar refractivity (Wildman–Crippen MR) is 145 cm³/mol. The Morgan fingerprint density at radius 1 is 1.16 bits per heavy atom. The molecule has 38 heavy (non-hydrogen) atoms. The lowest BCUT2D eigenvalue weighted by molar-refractivity contribution is -0.142. The Labute approximate surface area is 224 Å². The fourth-order valence-corrected chi connectivity index (χ4v) is 5.32. The highest BCUT2D eigenvalue weighted by Crippen LogP contribution is 2.47. The van der Waals surface area contributed by atoms with Gasteiger partial charge in [-0.15, -0.1) is 0 Å². The lowest BCUT2D eigenvalue weighted by atomic mass is 9.84. The third-order valence-electron chi connectivity index (χ3n) is 7.61. The van der Waals surface area contributed by atoms with Crippen molar-refractivity contribution in [2.24, 2.45) is 0 Å². The third kappa shape index (κ3) is 5.48. The van der Waals surface area contributed by atoms with Crippen LogP contribution in [0.3, 0.4) is 0 Å². The molecule has 0 aliphatic carbocycles. The highest BCUT2D eigenvalue weighted by Gasteiger charge is 2.46. The van der Waals surface area contributed by atoms with Crippen LogP contribution < -0.4 is 4.74 Å². The van der Waals surface area contributed by atoms with Crippen molar-refractivity contribution in [3.63, 3.8) is 0 Å². The Morgan fingerprint density at radius 3 is 2.53 bits per heavy atom. The summed E-state index contributed by atoms with van der Waals surface area (Å²) in [4.78, 5) is 26.9. The number of aliphatic carboxylic acids is 1. The van der Waals surface area contributed by atoms with Crippen molar-refractivity contribution in [1.29, 1.82) is 0 Å². The molecule has 0 spiro atoms. The van der Waals surface area contributed by atoms with Gasteiger partial charge in [0.1, 0.15) is 17.1 Å². The van der Waals surface area contributed by atoms with Crippen LogP contribution in [0.2, 0.25) is 0 Å². The van der Waals surface area contributed by atoms with E-state index in [9.17, 15) is 24.9 Å². The Hall–Kier alpha value is -3.58. The van der Waals surface area contributed by atoms with Gasteiger partial charge in [-0.05, 0) is 65.0 Å². The van der Waals surface area contributed by atoms with Gasteiger partial charge in [0, 0.05) is 17.5 Å². The zero-order chi connectivity index (χ0) is 27.6. The fourth-order valence-electron chi connectivity index (χ4n) is 5.32. The average molecular weight is 520 g/mol. The topological polar surface area (TPSA) is 107 Å². The number of aliphatic hydroxyl groups is 1. The van der Waals surface area contributed by atoms with Gasteiger partial charge in [-0.1, -0.05) is 53.6 Å². The number of phenols is 1. The smallest absolute Gasteiger partial charge is 0.331 e. The molecule has 202 valence electrons. The highest BCUT2D eigenvalue weighted by molar-refractivity contribution is 6.02. The number of carbonyl (C=O) groups excluding carboxylic acids is 1. The van der Waals surface area contributed by atoms with E-state index < -0.39 is 29.6 Å². The van der Waals surface area contributed by atoms with Gasteiger partial charge in [0.05, 0.1) is 18.2 Å². The van der Waals surface area contributed by atoms with Crippen molar-refractivity contribution in [3.8, 4) is 11.5 Å². The second-order valence-electron chi connectivity index (χ2n) is 10.9. The summed E-state index contributed by atoms with van der Waals surface area (Å²) in [6, 6.07) is 8.83. The molecule has 2 aromatic carbocycles. The first kappa shape index (κ1) is 27.5. The molecular weight excluding hydrogens is 482 g/mol. The molecule has 4 rings (SSSR count). The molecule has 0 fully saturated rings. The number of carboxylic acids is 1. The fraction of sp³-hybridized carbons (Fsp3) is 0.419. The number of benzene rings is 2. The number of amides is 1. The van der Waals surface area contributed by atoms with Gasteiger partial charge >= 0.3 is 5.97 Å². The summed E-state index contributed by atoms with van der Waals surface area (Å²) in [6.07, 6.45) is 6.96. The highest BCUT2D eigenvalue weighted by atomic mass is 16.5. The van der Waals surface area contributed by atoms with E-state index in [1.54, 1.807) is 30.3 Å². The summed E-state index contributed by atoms with van der Waals surface area (Å²) in [5, 5.41) is 31.8. The standard InChI is InChI=1S/C31H37NO6/c1-19(2)10-8-11-20(3)12-9-15-31(4)26(34)17-23-25(33)16-22-24(28(23)38-31)18-32(29(22)35)27(30(36)37)21-13-6-5-7-14-21/h5-7,10,12-14,16,26-27,33-34H,8-9,11,15,17-18H2,1-4H3,(H,36,37)/t26-,27-,31-/m0/s1. The van der Waals surface area contributed by atoms with E-state index in [-0.39, 0.29) is 24.3 Å². The maximum atomic E-state index is 13.4. The van der Waals surface area contributed by atoms with Crippen LogP contribution in [0, 0.1) is 0 Å². The number of carboxylic acid groups (broad SMARTS) is 1. The van der Waals surface area contributed by atoms with Crippen molar-refractivity contribution in [3.05, 3.63) is 82.0 Å². The van der Waals surface area contributed by atoms with Gasteiger partial charge in [0.2, 0.25) is 0 Å². The minimum absolute atomic E-state index is 0.0399. The average Bonchev–Trinajstić information content (AvgIpc) is 3.16. The molecule has 0 radical (unpaired) electrons. The van der Waals surface area contributed by atoms with Crippen molar-refractivity contribution in [2.75, 3.05) is 0 Å². The van der Waals surface area contributed by atoms with Crippen LogP contribution in [0.1, 0.15) is 86.5 Å². The monoisotopic (exact) mass is 519 g/mol. The number of rotatable bonds is 9. The molecule has 7 nitrogen and oxygen atoms in total. The molecular formula is C31H37NO6. The Morgan fingerprint density at radius 2 is 1.87 bits per heavy atom. The van der Waals surface area contributed by atoms with Crippen LogP contribution >= 0.6 is 0 Å². The van der Waals surface area contributed by atoms with Gasteiger partial charge in [-0.3, -0.25) is 4.79 Å². The first-order valence-electron chi connectivity index (χ1n) is 13.1. The Balaban J connectivity index is 1.59. The molecule has 2 heterocycles. The van der Waals surface area contributed by atoms with E-state index in [0.717, 1.165) is 12.8 Å². The molecule has 3 atom stereocenters. The van der Waals surface area contributed by atoms with Crippen molar-refractivity contribution in [1.82, 2.24) is 4.90 Å². The second-order valence-corrected chi connectivity index (χ2v) is 10.9. The van der Waals surface area contributed by atoms with E-state index in [1.165, 1.54) is 22.1 Å². The van der Waals surface area contributed by atoms with Crippen LogP contribution in [0.5, 0.6) is 11.5 Å². The summed E-state index contributed by atoms with van der Waals surface area (Å²) in [6.45, 7) is 8.17. The van der Waals surface area contributed by atoms with Crippen LogP contribution in [0.15, 0.2) is 59.7 Å². The van der Waals surface area contributed by atoms with E-state index in [1.807, 2.05) is 6.92 Å². The van der Waals surface area contributed by atoms with Crippen molar-refractivity contribution >= 4 is 11.9 Å². The summed E-state index contributed by atoms with van der Waals surface area (Å²) >= 11 is 0. The number of aliphatic hydroxyl groups excluding tert-OH is 1. The maximum absolute atomic E-state index is 13.4. The van der Waals surface area contributed by atoms with E-state index in [4.69, 9.17) is 4.74 Å². The Bertz CT molecular complexity index is 1280. The molecule has 2 aliphatic rings. The molecule has 0 aromatic heterocycles. The van der Waals surface area contributed by atoms with Crippen molar-refractivity contribution < 1.29 is 29.6 Å². The van der Waals surface area contributed by atoms with Crippen LogP contribution in [-0.2, 0) is 17.8 Å². The van der Waals surface area contributed by atoms with E-state index in [2.05, 4.69) is 32.9 Å². The molecule has 0 saturated heterocycles. The number of carbonyl (C=O) groups is 2. The van der Waals surface area contributed by atoms with E-state index >= 15 is 0 Å².